The molecule has 5 rings (SSSR count). The van der Waals surface area contributed by atoms with Gasteiger partial charge in [-0.05, 0) is 49.7 Å². The average Bonchev–Trinajstić information content (AvgIpc) is 3.35. The minimum absolute atomic E-state index is 0.0823. The minimum atomic E-state index is -0.395. The van der Waals surface area contributed by atoms with Crippen molar-refractivity contribution in [2.75, 3.05) is 11.1 Å². The molecule has 3 heterocycles. The van der Waals surface area contributed by atoms with Crippen LogP contribution in [0.3, 0.4) is 0 Å². The molecule has 2 saturated heterocycles. The third-order valence-electron chi connectivity index (χ3n) is 5.44. The number of anilines is 1. The van der Waals surface area contributed by atoms with Gasteiger partial charge in [-0.1, -0.05) is 12.1 Å². The summed E-state index contributed by atoms with van der Waals surface area (Å²) in [6.45, 7) is 2.06. The van der Waals surface area contributed by atoms with Gasteiger partial charge in [-0.25, -0.2) is 4.98 Å². The maximum Gasteiger partial charge on any atom is 0.248 e. The molecule has 0 radical (unpaired) electrons. The molecule has 2 amide bonds. The topological polar surface area (TPSA) is 62.3 Å². The summed E-state index contributed by atoms with van der Waals surface area (Å²) in [6, 6.07) is 15.4. The van der Waals surface area contributed by atoms with Crippen LogP contribution in [0.15, 0.2) is 48.5 Å². The van der Waals surface area contributed by atoms with Crippen LogP contribution in [0, 0.1) is 0 Å². The van der Waals surface area contributed by atoms with E-state index in [1.165, 1.54) is 0 Å². The van der Waals surface area contributed by atoms with E-state index in [0.717, 1.165) is 32.9 Å². The largest absolute Gasteiger partial charge is 0.324 e. The van der Waals surface area contributed by atoms with Crippen molar-refractivity contribution in [1.82, 2.24) is 9.88 Å². The predicted molar refractivity (Wildman–Crippen MR) is 114 cm³/mol. The lowest BCUT2D eigenvalue weighted by molar-refractivity contribution is -0.135. The normalized spacial score (nSPS) is 24.0. The fraction of sp³-hybridized carbons (Fsp3) is 0.286. The molecular weight excluding hydrogens is 390 g/mol. The molecule has 0 saturated carbocycles. The van der Waals surface area contributed by atoms with Crippen LogP contribution >= 0.6 is 23.1 Å². The smallest absolute Gasteiger partial charge is 0.248 e. The molecular formula is C21H19N3O2S2. The molecule has 7 heteroatoms. The Bertz CT molecular complexity index is 1050. The summed E-state index contributed by atoms with van der Waals surface area (Å²) in [4.78, 5) is 31.2. The van der Waals surface area contributed by atoms with E-state index in [2.05, 4.69) is 23.3 Å². The number of para-hydroxylation sites is 1. The second-order valence-electron chi connectivity index (χ2n) is 7.32. The number of nitrogens with zero attached hydrogens (tertiary/aromatic N) is 2. The molecule has 5 nitrogen and oxygen atoms in total. The Kier molecular flexibility index (Phi) is 4.17. The van der Waals surface area contributed by atoms with Crippen LogP contribution in [-0.2, 0) is 9.59 Å². The molecule has 2 aliphatic heterocycles. The van der Waals surface area contributed by atoms with E-state index >= 15 is 0 Å². The highest BCUT2D eigenvalue weighted by molar-refractivity contribution is 8.01. The Morgan fingerprint density at radius 1 is 1.21 bits per heavy atom. The fourth-order valence-corrected chi connectivity index (χ4v) is 6.34. The van der Waals surface area contributed by atoms with Gasteiger partial charge in [0.15, 0.2) is 0 Å². The van der Waals surface area contributed by atoms with Crippen molar-refractivity contribution < 1.29 is 9.59 Å². The zero-order valence-corrected chi connectivity index (χ0v) is 17.0. The van der Waals surface area contributed by atoms with E-state index in [-0.39, 0.29) is 16.7 Å². The van der Waals surface area contributed by atoms with Crippen LogP contribution in [-0.4, -0.2) is 38.4 Å². The number of carbonyl (C=O) groups is 2. The first-order chi connectivity index (χ1) is 13.5. The molecule has 2 atom stereocenters. The third kappa shape index (κ3) is 2.89. The van der Waals surface area contributed by atoms with Crippen molar-refractivity contribution in [3.63, 3.8) is 0 Å². The van der Waals surface area contributed by atoms with Crippen molar-refractivity contribution in [3.05, 3.63) is 48.5 Å². The number of carbonyl (C=O) groups excluding carboxylic acids is 2. The predicted octanol–water partition coefficient (Wildman–Crippen LogP) is 4.36. The Hall–Kier alpha value is -2.38. The summed E-state index contributed by atoms with van der Waals surface area (Å²) in [6.07, 6.45) is 1.35. The quantitative estimate of drug-likeness (QED) is 0.698. The number of fused-ring (bicyclic) bond motifs is 2. The lowest BCUT2D eigenvalue weighted by Crippen LogP contribution is -2.48. The Morgan fingerprint density at radius 3 is 2.79 bits per heavy atom. The van der Waals surface area contributed by atoms with Crippen LogP contribution in [0.5, 0.6) is 0 Å². The van der Waals surface area contributed by atoms with E-state index in [1.54, 1.807) is 28.0 Å². The lowest BCUT2D eigenvalue weighted by atomic mass is 10.2. The highest BCUT2D eigenvalue weighted by Gasteiger charge is 2.52. The SMILES string of the molecule is CC12CCC(=O)N1C(C(=O)Nc1ccc(-c3nc4ccccc4s3)cc1)CS2. The van der Waals surface area contributed by atoms with Crippen LogP contribution in [0.4, 0.5) is 5.69 Å². The second-order valence-corrected chi connectivity index (χ2v) is 9.85. The van der Waals surface area contributed by atoms with Gasteiger partial charge >= 0.3 is 0 Å². The Balaban J connectivity index is 1.32. The van der Waals surface area contributed by atoms with Gasteiger partial charge in [0.2, 0.25) is 11.8 Å². The highest BCUT2D eigenvalue weighted by Crippen LogP contribution is 2.47. The van der Waals surface area contributed by atoms with Crippen molar-refractivity contribution in [2.45, 2.75) is 30.7 Å². The Morgan fingerprint density at radius 2 is 2.00 bits per heavy atom. The van der Waals surface area contributed by atoms with Gasteiger partial charge in [0.1, 0.15) is 11.0 Å². The van der Waals surface area contributed by atoms with Gasteiger partial charge in [0.05, 0.1) is 15.1 Å². The van der Waals surface area contributed by atoms with Gasteiger partial charge < -0.3 is 10.2 Å². The standard InChI is InChI=1S/C21H19N3O2S2/c1-21-11-10-18(25)24(21)16(12-27-21)19(26)22-14-8-6-13(7-9-14)20-23-15-4-2-3-5-17(15)28-20/h2-9,16H,10-12H2,1H3,(H,22,26). The molecule has 3 aromatic rings. The minimum Gasteiger partial charge on any atom is -0.324 e. The third-order valence-corrected chi connectivity index (χ3v) is 8.03. The van der Waals surface area contributed by atoms with Gasteiger partial charge in [0, 0.05) is 23.4 Å². The van der Waals surface area contributed by atoms with Gasteiger partial charge in [-0.3, -0.25) is 9.59 Å². The first-order valence-electron chi connectivity index (χ1n) is 9.26. The number of nitrogens with one attached hydrogen (secondary N) is 1. The van der Waals surface area contributed by atoms with Crippen LogP contribution in [0.2, 0.25) is 0 Å². The highest BCUT2D eigenvalue weighted by atomic mass is 32.2. The molecule has 0 aliphatic carbocycles. The van der Waals surface area contributed by atoms with Crippen molar-refractivity contribution in [1.29, 1.82) is 0 Å². The zero-order valence-electron chi connectivity index (χ0n) is 15.3. The number of amides is 2. The average molecular weight is 410 g/mol. The number of aromatic nitrogens is 1. The van der Waals surface area contributed by atoms with Crippen LogP contribution in [0.25, 0.3) is 20.8 Å². The summed E-state index contributed by atoms with van der Waals surface area (Å²) >= 11 is 3.36. The van der Waals surface area contributed by atoms with Gasteiger partial charge in [-0.2, -0.15) is 0 Å². The number of hydrogen-bond donors (Lipinski definition) is 1. The molecule has 2 aliphatic rings. The lowest BCUT2D eigenvalue weighted by Gasteiger charge is -2.29. The summed E-state index contributed by atoms with van der Waals surface area (Å²) in [5, 5.41) is 3.94. The summed E-state index contributed by atoms with van der Waals surface area (Å²) in [5.41, 5.74) is 2.76. The Labute approximate surface area is 171 Å². The van der Waals surface area contributed by atoms with E-state index in [1.807, 2.05) is 42.5 Å². The molecule has 1 aromatic heterocycles. The van der Waals surface area contributed by atoms with Gasteiger partial charge in [-0.15, -0.1) is 23.1 Å². The molecule has 2 fully saturated rings. The van der Waals surface area contributed by atoms with E-state index in [4.69, 9.17) is 0 Å². The number of thiazole rings is 1. The first-order valence-corrected chi connectivity index (χ1v) is 11.1. The molecule has 142 valence electrons. The number of benzene rings is 2. The molecule has 28 heavy (non-hydrogen) atoms. The molecule has 1 N–H and O–H groups in total. The van der Waals surface area contributed by atoms with Crippen molar-refractivity contribution in [3.8, 4) is 10.6 Å². The first kappa shape index (κ1) is 17.7. The molecule has 0 spiro atoms. The zero-order chi connectivity index (χ0) is 19.3. The molecule has 2 unspecified atom stereocenters. The second kappa shape index (κ2) is 6.60. The van der Waals surface area contributed by atoms with E-state index in [0.29, 0.717) is 12.2 Å². The molecule has 2 aromatic carbocycles. The molecule has 0 bridgehead atoms. The van der Waals surface area contributed by atoms with E-state index < -0.39 is 6.04 Å². The number of thioether (sulfide) groups is 1. The van der Waals surface area contributed by atoms with Crippen molar-refractivity contribution >= 4 is 50.8 Å². The number of rotatable bonds is 3. The number of hydrogen-bond acceptors (Lipinski definition) is 5. The summed E-state index contributed by atoms with van der Waals surface area (Å²) in [5.74, 6) is 0.621. The summed E-state index contributed by atoms with van der Waals surface area (Å²) in [7, 11) is 0. The van der Waals surface area contributed by atoms with Crippen LogP contribution < -0.4 is 5.32 Å². The van der Waals surface area contributed by atoms with E-state index in [9.17, 15) is 9.59 Å². The maximum absolute atomic E-state index is 12.8. The summed E-state index contributed by atoms with van der Waals surface area (Å²) < 4.78 is 1.16. The van der Waals surface area contributed by atoms with Gasteiger partial charge in [0.25, 0.3) is 0 Å². The van der Waals surface area contributed by atoms with Crippen LogP contribution in [0.1, 0.15) is 19.8 Å². The maximum atomic E-state index is 12.8. The van der Waals surface area contributed by atoms with Crippen molar-refractivity contribution in [2.24, 2.45) is 0 Å². The monoisotopic (exact) mass is 409 g/mol. The fourth-order valence-electron chi connectivity index (χ4n) is 3.93.